The Kier molecular flexibility index (Phi) is 5.44. The van der Waals surface area contributed by atoms with Crippen molar-refractivity contribution in [3.05, 3.63) is 23.9 Å². The van der Waals surface area contributed by atoms with E-state index in [0.717, 1.165) is 31.9 Å². The summed E-state index contributed by atoms with van der Waals surface area (Å²) in [7, 11) is 4.16. The molecule has 0 saturated heterocycles. The van der Waals surface area contributed by atoms with Crippen molar-refractivity contribution in [2.24, 2.45) is 0 Å². The molecule has 1 rings (SSSR count). The molecule has 0 aliphatic rings. The van der Waals surface area contributed by atoms with Gasteiger partial charge < -0.3 is 9.80 Å². The molecule has 0 saturated carbocycles. The minimum atomic E-state index is 0.609. The summed E-state index contributed by atoms with van der Waals surface area (Å²) in [6.07, 6.45) is 2.74. The Labute approximate surface area is 103 Å². The van der Waals surface area contributed by atoms with E-state index < -0.39 is 0 Å². The van der Waals surface area contributed by atoms with Crippen molar-refractivity contribution in [3.63, 3.8) is 0 Å². The van der Waals surface area contributed by atoms with Crippen molar-refractivity contribution in [2.45, 2.75) is 13.3 Å². The maximum Gasteiger partial charge on any atom is 0.128 e. The lowest BCUT2D eigenvalue weighted by molar-refractivity contribution is 0.400. The molecule has 0 spiro atoms. The van der Waals surface area contributed by atoms with Crippen LogP contribution in [-0.2, 0) is 0 Å². The van der Waals surface area contributed by atoms with Crippen LogP contribution in [0.25, 0.3) is 0 Å². The van der Waals surface area contributed by atoms with Crippen LogP contribution in [0.5, 0.6) is 0 Å². The fourth-order valence-corrected chi connectivity index (χ4v) is 1.65. The molecule has 0 unspecified atom stereocenters. The van der Waals surface area contributed by atoms with Gasteiger partial charge in [0.05, 0.1) is 5.56 Å². The van der Waals surface area contributed by atoms with Gasteiger partial charge in [-0.25, -0.2) is 4.98 Å². The maximum atomic E-state index is 8.72. The number of hydrogen-bond donors (Lipinski definition) is 0. The van der Waals surface area contributed by atoms with Gasteiger partial charge >= 0.3 is 0 Å². The fraction of sp³-hybridized carbons (Fsp3) is 0.538. The summed E-state index contributed by atoms with van der Waals surface area (Å²) in [6, 6.07) is 5.81. The monoisotopic (exact) mass is 232 g/mol. The third kappa shape index (κ3) is 4.41. The Bertz CT molecular complexity index is 364. The van der Waals surface area contributed by atoms with Crippen LogP contribution in [0.2, 0.25) is 0 Å². The summed E-state index contributed by atoms with van der Waals surface area (Å²) in [6.45, 7) is 5.13. The van der Waals surface area contributed by atoms with E-state index in [1.165, 1.54) is 0 Å². The van der Waals surface area contributed by atoms with Crippen molar-refractivity contribution in [3.8, 4) is 6.07 Å². The Morgan fingerprint density at radius 1 is 1.29 bits per heavy atom. The average molecular weight is 232 g/mol. The first kappa shape index (κ1) is 13.5. The van der Waals surface area contributed by atoms with Crippen molar-refractivity contribution < 1.29 is 0 Å². The van der Waals surface area contributed by atoms with Gasteiger partial charge in [-0.2, -0.15) is 5.26 Å². The normalized spacial score (nSPS) is 10.3. The zero-order valence-electron chi connectivity index (χ0n) is 10.8. The lowest BCUT2D eigenvalue weighted by atomic mass is 10.3. The number of pyridine rings is 1. The smallest absolute Gasteiger partial charge is 0.128 e. The predicted octanol–water partition coefficient (Wildman–Crippen LogP) is 1.73. The number of nitriles is 1. The van der Waals surface area contributed by atoms with Gasteiger partial charge in [-0.05, 0) is 46.1 Å². The van der Waals surface area contributed by atoms with Crippen LogP contribution in [0.4, 0.5) is 5.82 Å². The molecule has 92 valence electrons. The summed E-state index contributed by atoms with van der Waals surface area (Å²) in [5.41, 5.74) is 0.609. The highest BCUT2D eigenvalue weighted by Gasteiger charge is 2.05. The predicted molar refractivity (Wildman–Crippen MR) is 70.0 cm³/mol. The number of rotatable bonds is 6. The highest BCUT2D eigenvalue weighted by Crippen LogP contribution is 2.11. The molecule has 4 heteroatoms. The molecule has 17 heavy (non-hydrogen) atoms. The van der Waals surface area contributed by atoms with E-state index >= 15 is 0 Å². The quantitative estimate of drug-likeness (QED) is 0.749. The van der Waals surface area contributed by atoms with Gasteiger partial charge in [0.2, 0.25) is 0 Å². The summed E-state index contributed by atoms with van der Waals surface area (Å²) in [4.78, 5) is 8.72. The number of anilines is 1. The molecule has 0 atom stereocenters. The molecular weight excluding hydrogens is 212 g/mol. The molecule has 0 amide bonds. The van der Waals surface area contributed by atoms with Crippen molar-refractivity contribution >= 4 is 5.82 Å². The van der Waals surface area contributed by atoms with Gasteiger partial charge in [0, 0.05) is 19.3 Å². The van der Waals surface area contributed by atoms with Gasteiger partial charge in [0.15, 0.2) is 0 Å². The molecule has 0 aromatic carbocycles. The highest BCUT2D eigenvalue weighted by atomic mass is 15.2. The van der Waals surface area contributed by atoms with E-state index in [2.05, 4.69) is 41.9 Å². The van der Waals surface area contributed by atoms with Crippen LogP contribution < -0.4 is 4.90 Å². The van der Waals surface area contributed by atoms with Crippen molar-refractivity contribution in [1.82, 2.24) is 9.88 Å². The lowest BCUT2D eigenvalue weighted by Crippen LogP contribution is -2.27. The largest absolute Gasteiger partial charge is 0.357 e. The van der Waals surface area contributed by atoms with Gasteiger partial charge in [0.1, 0.15) is 11.9 Å². The minimum Gasteiger partial charge on any atom is -0.357 e. The van der Waals surface area contributed by atoms with Crippen LogP contribution in [0.15, 0.2) is 18.3 Å². The molecule has 1 heterocycles. The SMILES string of the molecule is CCN(CCCN(C)C)c1ccc(C#N)cn1. The van der Waals surface area contributed by atoms with E-state index in [0.29, 0.717) is 5.56 Å². The average Bonchev–Trinajstić information content (AvgIpc) is 2.34. The number of aromatic nitrogens is 1. The Balaban J connectivity index is 2.57. The Morgan fingerprint density at radius 2 is 2.06 bits per heavy atom. The third-order valence-corrected chi connectivity index (χ3v) is 2.62. The zero-order valence-corrected chi connectivity index (χ0v) is 10.8. The second-order valence-corrected chi connectivity index (χ2v) is 4.25. The number of nitrogens with zero attached hydrogens (tertiary/aromatic N) is 4. The van der Waals surface area contributed by atoms with E-state index in [9.17, 15) is 0 Å². The van der Waals surface area contributed by atoms with Gasteiger partial charge in [-0.1, -0.05) is 0 Å². The summed E-state index contributed by atoms with van der Waals surface area (Å²) < 4.78 is 0. The lowest BCUT2D eigenvalue weighted by Gasteiger charge is -2.22. The van der Waals surface area contributed by atoms with Gasteiger partial charge in [-0.15, -0.1) is 0 Å². The Hall–Kier alpha value is -1.60. The van der Waals surface area contributed by atoms with Crippen LogP contribution in [0.1, 0.15) is 18.9 Å². The Morgan fingerprint density at radius 3 is 2.53 bits per heavy atom. The molecule has 0 N–H and O–H groups in total. The van der Waals surface area contributed by atoms with E-state index in [1.807, 2.05) is 12.1 Å². The fourth-order valence-electron chi connectivity index (χ4n) is 1.65. The number of hydrogen-bond acceptors (Lipinski definition) is 4. The van der Waals surface area contributed by atoms with Crippen LogP contribution >= 0.6 is 0 Å². The zero-order chi connectivity index (χ0) is 12.7. The molecular formula is C13H20N4. The highest BCUT2D eigenvalue weighted by molar-refractivity contribution is 5.41. The van der Waals surface area contributed by atoms with E-state index in [1.54, 1.807) is 6.20 Å². The molecule has 0 aliphatic heterocycles. The third-order valence-electron chi connectivity index (χ3n) is 2.62. The summed E-state index contributed by atoms with van der Waals surface area (Å²) >= 11 is 0. The minimum absolute atomic E-state index is 0.609. The van der Waals surface area contributed by atoms with E-state index in [-0.39, 0.29) is 0 Å². The second-order valence-electron chi connectivity index (χ2n) is 4.25. The van der Waals surface area contributed by atoms with Gasteiger partial charge in [-0.3, -0.25) is 0 Å². The standard InChI is InChI=1S/C13H20N4/c1-4-17(9-5-8-16(2)3)13-7-6-12(10-14)11-15-13/h6-7,11H,4-5,8-9H2,1-3H3. The van der Waals surface area contributed by atoms with Crippen molar-refractivity contribution in [2.75, 3.05) is 38.6 Å². The molecule has 0 aliphatic carbocycles. The van der Waals surface area contributed by atoms with Crippen LogP contribution in [-0.4, -0.2) is 43.6 Å². The molecule has 0 bridgehead atoms. The van der Waals surface area contributed by atoms with Crippen LogP contribution in [0, 0.1) is 11.3 Å². The maximum absolute atomic E-state index is 8.72. The first-order chi connectivity index (χ1) is 8.17. The molecule has 0 radical (unpaired) electrons. The summed E-state index contributed by atoms with van der Waals surface area (Å²) in [5.74, 6) is 0.949. The first-order valence-corrected chi connectivity index (χ1v) is 5.93. The molecule has 0 fully saturated rings. The van der Waals surface area contributed by atoms with Crippen LogP contribution in [0.3, 0.4) is 0 Å². The van der Waals surface area contributed by atoms with Gasteiger partial charge in [0.25, 0.3) is 0 Å². The topological polar surface area (TPSA) is 43.2 Å². The second kappa shape index (κ2) is 6.87. The molecule has 1 aromatic rings. The first-order valence-electron chi connectivity index (χ1n) is 5.93. The molecule has 4 nitrogen and oxygen atoms in total. The molecule has 1 aromatic heterocycles. The van der Waals surface area contributed by atoms with E-state index in [4.69, 9.17) is 5.26 Å². The summed E-state index contributed by atoms with van der Waals surface area (Å²) in [5, 5.41) is 8.72. The van der Waals surface area contributed by atoms with Crippen molar-refractivity contribution in [1.29, 1.82) is 5.26 Å².